The van der Waals surface area contributed by atoms with Crippen LogP contribution >= 0.6 is 11.3 Å². The summed E-state index contributed by atoms with van der Waals surface area (Å²) in [4.78, 5) is 28.9. The van der Waals surface area contributed by atoms with E-state index in [1.54, 1.807) is 16.5 Å². The molecule has 0 aliphatic carbocycles. The molecule has 2 aromatic carbocycles. The number of hydrogen-bond acceptors (Lipinski definition) is 5. The van der Waals surface area contributed by atoms with Crippen LogP contribution in [0.15, 0.2) is 59.5 Å². The normalized spacial score (nSPS) is 12.3. The van der Waals surface area contributed by atoms with Crippen LogP contribution in [0, 0.1) is 24.0 Å². The lowest BCUT2D eigenvalue weighted by atomic mass is 10.1. The highest BCUT2D eigenvalue weighted by molar-refractivity contribution is 7.15. The molecule has 148 valence electrons. The van der Waals surface area contributed by atoms with Crippen LogP contribution in [0.25, 0.3) is 27.8 Å². The van der Waals surface area contributed by atoms with Gasteiger partial charge in [0.05, 0.1) is 20.5 Å². The van der Waals surface area contributed by atoms with Crippen LogP contribution in [0.3, 0.4) is 0 Å². The molecule has 5 aromatic rings. The number of fused-ring (bicyclic) bond motifs is 3. The Kier molecular flexibility index (Phi) is 4.04. The van der Waals surface area contributed by atoms with E-state index < -0.39 is 4.92 Å². The van der Waals surface area contributed by atoms with Crippen LogP contribution in [-0.2, 0) is 0 Å². The lowest BCUT2D eigenvalue weighted by Gasteiger charge is -2.05. The summed E-state index contributed by atoms with van der Waals surface area (Å²) >= 11 is 1.35. The van der Waals surface area contributed by atoms with E-state index >= 15 is 0 Å². The van der Waals surface area contributed by atoms with Gasteiger partial charge >= 0.3 is 0 Å². The monoisotopic (exact) mass is 416 g/mol. The second-order valence-corrected chi connectivity index (χ2v) is 8.18. The zero-order valence-electron chi connectivity index (χ0n) is 16.2. The number of rotatable bonds is 3. The van der Waals surface area contributed by atoms with Gasteiger partial charge in [0.25, 0.3) is 11.2 Å². The van der Waals surface area contributed by atoms with E-state index in [2.05, 4.69) is 11.1 Å². The molecule has 3 aromatic heterocycles. The Morgan fingerprint density at radius 2 is 1.90 bits per heavy atom. The summed E-state index contributed by atoms with van der Waals surface area (Å²) in [7, 11) is 0. The topological polar surface area (TPSA) is 82.4 Å². The Morgan fingerprint density at radius 1 is 1.13 bits per heavy atom. The van der Waals surface area contributed by atoms with E-state index in [4.69, 9.17) is 0 Å². The quantitative estimate of drug-likeness (QED) is 0.331. The van der Waals surface area contributed by atoms with Gasteiger partial charge in [-0.15, -0.1) is 0 Å². The van der Waals surface area contributed by atoms with Gasteiger partial charge in [-0.05, 0) is 61.4 Å². The van der Waals surface area contributed by atoms with Crippen molar-refractivity contribution < 1.29 is 4.92 Å². The van der Waals surface area contributed by atoms with Crippen LogP contribution in [0.2, 0.25) is 0 Å². The molecule has 0 aliphatic heterocycles. The molecule has 0 fully saturated rings. The second-order valence-electron chi connectivity index (χ2n) is 7.17. The van der Waals surface area contributed by atoms with Crippen LogP contribution in [0.1, 0.15) is 16.8 Å². The van der Waals surface area contributed by atoms with Crippen molar-refractivity contribution in [1.29, 1.82) is 0 Å². The summed E-state index contributed by atoms with van der Waals surface area (Å²) in [5, 5.41) is 10.9. The molecule has 0 spiro atoms. The summed E-state index contributed by atoms with van der Waals surface area (Å²) in [6, 6.07) is 14.1. The fraction of sp³-hybridized carbons (Fsp3) is 0.0909. The highest BCUT2D eigenvalue weighted by Gasteiger charge is 2.14. The molecule has 0 aliphatic rings. The SMILES string of the molecule is Cc1cc(C)c2nc3s/c(=C/c4cccn4-c4ccc([N+](=O)[O-])cc4)c(=O)n3c2c1. The third kappa shape index (κ3) is 2.81. The molecule has 0 N–H and O–H groups in total. The lowest BCUT2D eigenvalue weighted by Crippen LogP contribution is -2.23. The Balaban J connectivity index is 1.66. The van der Waals surface area contributed by atoms with Gasteiger partial charge in [-0.3, -0.25) is 14.9 Å². The second kappa shape index (κ2) is 6.64. The van der Waals surface area contributed by atoms with Crippen molar-refractivity contribution in [3.8, 4) is 5.69 Å². The van der Waals surface area contributed by atoms with E-state index in [1.807, 2.05) is 48.9 Å². The van der Waals surface area contributed by atoms with Gasteiger partial charge in [0.15, 0.2) is 4.96 Å². The standard InChI is InChI=1S/C22H16N4O3S/c1-13-10-14(2)20-18(11-13)25-21(27)19(30-22(25)23-20)12-17-4-3-9-24(17)15-5-7-16(8-6-15)26(28)29/h3-12H,1-2H3/b19-12+. The Labute approximate surface area is 174 Å². The third-order valence-corrected chi connectivity index (χ3v) is 6.05. The molecule has 0 unspecified atom stereocenters. The predicted molar refractivity (Wildman–Crippen MR) is 118 cm³/mol. The first-order chi connectivity index (χ1) is 14.4. The van der Waals surface area contributed by atoms with Gasteiger partial charge in [-0.2, -0.15) is 0 Å². The zero-order chi connectivity index (χ0) is 21.0. The maximum absolute atomic E-state index is 13.1. The lowest BCUT2D eigenvalue weighted by molar-refractivity contribution is -0.384. The molecule has 0 atom stereocenters. The highest BCUT2D eigenvalue weighted by atomic mass is 32.1. The molecular formula is C22H16N4O3S. The molecule has 0 bridgehead atoms. The average Bonchev–Trinajstić information content (AvgIpc) is 3.39. The van der Waals surface area contributed by atoms with E-state index in [-0.39, 0.29) is 11.2 Å². The van der Waals surface area contributed by atoms with Gasteiger partial charge in [0, 0.05) is 29.7 Å². The summed E-state index contributed by atoms with van der Waals surface area (Å²) in [6.07, 6.45) is 3.69. The molecule has 7 nitrogen and oxygen atoms in total. The molecule has 30 heavy (non-hydrogen) atoms. The van der Waals surface area contributed by atoms with E-state index in [1.165, 1.54) is 23.5 Å². The molecule has 0 saturated carbocycles. The minimum absolute atomic E-state index is 0.0372. The van der Waals surface area contributed by atoms with Crippen LogP contribution in [0.4, 0.5) is 5.69 Å². The molecule has 0 radical (unpaired) electrons. The van der Waals surface area contributed by atoms with Crippen LogP contribution in [0.5, 0.6) is 0 Å². The fourth-order valence-corrected chi connectivity index (χ4v) is 4.69. The number of nitro groups is 1. The van der Waals surface area contributed by atoms with Crippen molar-refractivity contribution in [1.82, 2.24) is 14.0 Å². The molecule has 8 heteroatoms. The number of aromatic nitrogens is 3. The Hall–Kier alpha value is -3.78. The first kappa shape index (κ1) is 18.3. The van der Waals surface area contributed by atoms with Crippen molar-refractivity contribution in [3.63, 3.8) is 0 Å². The zero-order valence-corrected chi connectivity index (χ0v) is 17.0. The van der Waals surface area contributed by atoms with E-state index in [0.717, 1.165) is 33.5 Å². The molecule has 3 heterocycles. The van der Waals surface area contributed by atoms with Gasteiger partial charge in [-0.25, -0.2) is 9.38 Å². The van der Waals surface area contributed by atoms with Gasteiger partial charge < -0.3 is 4.57 Å². The first-order valence-electron chi connectivity index (χ1n) is 9.28. The van der Waals surface area contributed by atoms with E-state index in [9.17, 15) is 14.9 Å². The minimum atomic E-state index is -0.425. The number of aryl methyl sites for hydroxylation is 2. The van der Waals surface area contributed by atoms with Crippen molar-refractivity contribution in [2.24, 2.45) is 0 Å². The number of hydrogen-bond donors (Lipinski definition) is 0. The van der Waals surface area contributed by atoms with Crippen molar-refractivity contribution in [2.45, 2.75) is 13.8 Å². The maximum atomic E-state index is 13.1. The van der Waals surface area contributed by atoms with Gasteiger partial charge in [0.1, 0.15) is 0 Å². The summed E-state index contributed by atoms with van der Waals surface area (Å²) in [6.45, 7) is 4.01. The number of imidazole rings is 1. The van der Waals surface area contributed by atoms with Gasteiger partial charge in [0.2, 0.25) is 0 Å². The smallest absolute Gasteiger partial charge is 0.275 e. The van der Waals surface area contributed by atoms with Crippen molar-refractivity contribution >= 4 is 39.1 Å². The largest absolute Gasteiger partial charge is 0.317 e. The third-order valence-electron chi connectivity index (χ3n) is 5.08. The highest BCUT2D eigenvalue weighted by Crippen LogP contribution is 2.22. The van der Waals surface area contributed by atoms with Gasteiger partial charge in [-0.1, -0.05) is 17.4 Å². The Bertz CT molecular complexity index is 1560. The number of benzene rings is 2. The summed E-state index contributed by atoms with van der Waals surface area (Å²) in [5.74, 6) is 0. The average molecular weight is 416 g/mol. The molecular weight excluding hydrogens is 400 g/mol. The van der Waals surface area contributed by atoms with E-state index in [0.29, 0.717) is 9.49 Å². The summed E-state index contributed by atoms with van der Waals surface area (Å²) in [5.41, 5.74) is 5.35. The minimum Gasteiger partial charge on any atom is -0.317 e. The fourth-order valence-electron chi connectivity index (χ4n) is 3.73. The predicted octanol–water partition coefficient (Wildman–Crippen LogP) is 3.77. The van der Waals surface area contributed by atoms with Crippen molar-refractivity contribution in [2.75, 3.05) is 0 Å². The Morgan fingerprint density at radius 3 is 2.63 bits per heavy atom. The summed E-state index contributed by atoms with van der Waals surface area (Å²) < 4.78 is 4.14. The molecule has 0 amide bonds. The number of non-ortho nitro benzene ring substituents is 1. The number of nitro benzene ring substituents is 1. The molecule has 5 rings (SSSR count). The van der Waals surface area contributed by atoms with Crippen LogP contribution in [-0.4, -0.2) is 18.9 Å². The van der Waals surface area contributed by atoms with Crippen molar-refractivity contribution in [3.05, 3.63) is 96.5 Å². The number of thiazole rings is 1. The van der Waals surface area contributed by atoms with Crippen LogP contribution < -0.4 is 10.1 Å². The maximum Gasteiger partial charge on any atom is 0.275 e. The molecule has 0 saturated heterocycles. The number of nitrogens with zero attached hydrogens (tertiary/aromatic N) is 4. The first-order valence-corrected chi connectivity index (χ1v) is 10.1.